The molecule has 0 bridgehead atoms. The Balaban J connectivity index is 0.00000256. The third-order valence-electron chi connectivity index (χ3n) is 5.69. The van der Waals surface area contributed by atoms with Gasteiger partial charge < -0.3 is 5.32 Å². The molecule has 1 amide bonds. The Labute approximate surface area is 174 Å². The molecular weight excluding hydrogens is 389 g/mol. The summed E-state index contributed by atoms with van der Waals surface area (Å²) in [5, 5.41) is 3.33. The van der Waals surface area contributed by atoms with E-state index in [4.69, 9.17) is 0 Å². The number of hydrogen-bond acceptors (Lipinski definition) is 2. The van der Waals surface area contributed by atoms with Gasteiger partial charge in [0.1, 0.15) is 17.2 Å². The zero-order chi connectivity index (χ0) is 20.4. The van der Waals surface area contributed by atoms with E-state index in [-0.39, 0.29) is 36.5 Å². The monoisotopic (exact) mass is 414 g/mol. The first kappa shape index (κ1) is 21.8. The highest BCUT2D eigenvalue weighted by atomic mass is 19.1. The Kier molecular flexibility index (Phi) is 6.75. The van der Waals surface area contributed by atoms with Crippen molar-refractivity contribution in [3.05, 3.63) is 71.7 Å². The number of hydrogen-bond donors (Lipinski definition) is 1. The van der Waals surface area contributed by atoms with Crippen molar-refractivity contribution in [2.45, 2.75) is 45.4 Å². The number of aromatic nitrogens is 1. The van der Waals surface area contributed by atoms with Crippen LogP contribution in [0.1, 0.15) is 51.0 Å². The van der Waals surface area contributed by atoms with Crippen molar-refractivity contribution in [1.29, 1.82) is 0 Å². The maximum Gasteiger partial charge on any atom is 0.224 e. The second-order valence-corrected chi connectivity index (χ2v) is 7.66. The summed E-state index contributed by atoms with van der Waals surface area (Å²) in [5.41, 5.74) is 1.70. The molecule has 158 valence electrons. The van der Waals surface area contributed by atoms with Crippen LogP contribution >= 0.6 is 0 Å². The third kappa shape index (κ3) is 4.81. The van der Waals surface area contributed by atoms with Crippen LogP contribution in [-0.4, -0.2) is 10.9 Å². The van der Waals surface area contributed by atoms with Gasteiger partial charge in [-0.15, -0.1) is 0 Å². The molecule has 1 saturated carbocycles. The molecule has 0 saturated heterocycles. The molecule has 4 rings (SSSR count). The summed E-state index contributed by atoms with van der Waals surface area (Å²) < 4.78 is 40.7. The Hall–Kier alpha value is -2.89. The first-order valence-electron chi connectivity index (χ1n) is 9.78. The van der Waals surface area contributed by atoms with Crippen molar-refractivity contribution in [2.24, 2.45) is 5.92 Å². The predicted octanol–water partition coefficient (Wildman–Crippen LogP) is 6.59. The predicted molar refractivity (Wildman–Crippen MR) is 113 cm³/mol. The molecule has 1 fully saturated rings. The van der Waals surface area contributed by atoms with Crippen LogP contribution in [0, 0.1) is 23.4 Å². The molecule has 2 aromatic carbocycles. The van der Waals surface area contributed by atoms with Crippen molar-refractivity contribution in [3.63, 3.8) is 0 Å². The van der Waals surface area contributed by atoms with Crippen LogP contribution in [0.2, 0.25) is 0 Å². The van der Waals surface area contributed by atoms with Gasteiger partial charge in [-0.3, -0.25) is 9.78 Å². The Bertz CT molecular complexity index is 1030. The summed E-state index contributed by atoms with van der Waals surface area (Å²) >= 11 is 0. The minimum Gasteiger partial charge on any atom is -0.326 e. The molecule has 0 radical (unpaired) electrons. The first-order valence-corrected chi connectivity index (χ1v) is 9.78. The molecule has 1 aliphatic carbocycles. The van der Waals surface area contributed by atoms with Gasteiger partial charge in [0.25, 0.3) is 0 Å². The number of amides is 1. The quantitative estimate of drug-likeness (QED) is 0.523. The lowest BCUT2D eigenvalue weighted by Gasteiger charge is -2.29. The number of nitrogens with one attached hydrogen (secondary N) is 1. The molecule has 6 heteroatoms. The van der Waals surface area contributed by atoms with Gasteiger partial charge in [-0.25, -0.2) is 13.2 Å². The first-order chi connectivity index (χ1) is 14.0. The molecular formula is C24H25F3N2O. The lowest BCUT2D eigenvalue weighted by molar-refractivity contribution is -0.117. The van der Waals surface area contributed by atoms with Gasteiger partial charge in [0.05, 0.1) is 0 Å². The number of carbonyl (C=O) groups is 1. The highest BCUT2D eigenvalue weighted by Crippen LogP contribution is 2.39. The average Bonchev–Trinajstić information content (AvgIpc) is 2.70. The number of anilines is 1. The van der Waals surface area contributed by atoms with Crippen molar-refractivity contribution in [3.8, 4) is 0 Å². The zero-order valence-corrected chi connectivity index (χ0v) is 15.8. The van der Waals surface area contributed by atoms with E-state index < -0.39 is 11.6 Å². The molecule has 3 nitrogen and oxygen atoms in total. The highest BCUT2D eigenvalue weighted by molar-refractivity contribution is 5.90. The molecule has 1 aromatic heterocycles. The van der Waals surface area contributed by atoms with Crippen LogP contribution in [0.4, 0.5) is 18.9 Å². The molecule has 0 atom stereocenters. The SMILES string of the molecule is C.O=C(CC1CCC(c2ccnc3c(F)cc(F)cc23)CC1)Nc1ccc(F)cc1. The van der Waals surface area contributed by atoms with E-state index in [2.05, 4.69) is 10.3 Å². The number of nitrogens with zero attached hydrogens (tertiary/aromatic N) is 1. The van der Waals surface area contributed by atoms with Crippen molar-refractivity contribution in [1.82, 2.24) is 4.98 Å². The van der Waals surface area contributed by atoms with Crippen LogP contribution in [0.5, 0.6) is 0 Å². The Morgan fingerprint density at radius 1 is 0.967 bits per heavy atom. The molecule has 1 aliphatic rings. The second kappa shape index (κ2) is 9.28. The Morgan fingerprint density at radius 2 is 1.67 bits per heavy atom. The maximum atomic E-state index is 14.0. The summed E-state index contributed by atoms with van der Waals surface area (Å²) in [6, 6.07) is 9.75. The van der Waals surface area contributed by atoms with E-state index in [9.17, 15) is 18.0 Å². The van der Waals surface area contributed by atoms with Gasteiger partial charge in [0.15, 0.2) is 5.82 Å². The minimum atomic E-state index is -0.645. The van der Waals surface area contributed by atoms with Crippen LogP contribution in [0.25, 0.3) is 10.9 Å². The van der Waals surface area contributed by atoms with E-state index in [0.29, 0.717) is 17.5 Å². The molecule has 0 spiro atoms. The number of carbonyl (C=O) groups excluding carboxylic acids is 1. The summed E-state index contributed by atoms with van der Waals surface area (Å²) in [7, 11) is 0. The van der Waals surface area contributed by atoms with E-state index in [1.807, 2.05) is 6.07 Å². The van der Waals surface area contributed by atoms with Crippen molar-refractivity contribution >= 4 is 22.5 Å². The number of fused-ring (bicyclic) bond motifs is 1. The average molecular weight is 414 g/mol. The van der Waals surface area contributed by atoms with E-state index in [1.54, 1.807) is 6.20 Å². The van der Waals surface area contributed by atoms with Gasteiger partial charge in [-0.1, -0.05) is 7.43 Å². The lowest BCUT2D eigenvalue weighted by atomic mass is 9.77. The van der Waals surface area contributed by atoms with Gasteiger partial charge in [-0.05, 0) is 79.5 Å². The third-order valence-corrected chi connectivity index (χ3v) is 5.69. The molecule has 30 heavy (non-hydrogen) atoms. The summed E-state index contributed by atoms with van der Waals surface area (Å²) in [4.78, 5) is 16.3. The van der Waals surface area contributed by atoms with Gasteiger partial charge in [-0.2, -0.15) is 0 Å². The summed E-state index contributed by atoms with van der Waals surface area (Å²) in [5.74, 6) is -1.22. The van der Waals surface area contributed by atoms with Crippen molar-refractivity contribution < 1.29 is 18.0 Å². The number of rotatable bonds is 4. The fourth-order valence-corrected chi connectivity index (χ4v) is 4.24. The summed E-state index contributed by atoms with van der Waals surface area (Å²) in [6.45, 7) is 0. The fraction of sp³-hybridized carbons (Fsp3) is 0.333. The standard InChI is InChI=1S/C23H21F3N2O.CH4/c24-16-5-7-18(8-6-16)28-22(29)11-14-1-3-15(4-2-14)19-9-10-27-23-20(19)12-17(25)13-21(23)26;/h5-10,12-15H,1-4,11H2,(H,28,29);1H4. The molecule has 0 unspecified atom stereocenters. The summed E-state index contributed by atoms with van der Waals surface area (Å²) in [6.07, 6.45) is 5.41. The van der Waals surface area contributed by atoms with Crippen LogP contribution in [0.3, 0.4) is 0 Å². The van der Waals surface area contributed by atoms with Gasteiger partial charge in [0, 0.05) is 29.8 Å². The molecule has 1 heterocycles. The largest absolute Gasteiger partial charge is 0.326 e. The smallest absolute Gasteiger partial charge is 0.224 e. The lowest BCUT2D eigenvalue weighted by Crippen LogP contribution is -2.20. The maximum absolute atomic E-state index is 14.0. The minimum absolute atomic E-state index is 0. The number of halogens is 3. The Morgan fingerprint density at radius 3 is 2.37 bits per heavy atom. The topological polar surface area (TPSA) is 42.0 Å². The van der Waals surface area contributed by atoms with Crippen LogP contribution in [0.15, 0.2) is 48.7 Å². The van der Waals surface area contributed by atoms with Crippen LogP contribution < -0.4 is 5.32 Å². The molecule has 3 aromatic rings. The number of benzene rings is 2. The number of pyridine rings is 1. The van der Waals surface area contributed by atoms with E-state index in [0.717, 1.165) is 37.3 Å². The zero-order valence-electron chi connectivity index (χ0n) is 15.8. The van der Waals surface area contributed by atoms with E-state index in [1.165, 1.54) is 30.3 Å². The van der Waals surface area contributed by atoms with Crippen LogP contribution in [-0.2, 0) is 4.79 Å². The van der Waals surface area contributed by atoms with Gasteiger partial charge >= 0.3 is 0 Å². The van der Waals surface area contributed by atoms with Gasteiger partial charge in [0.2, 0.25) is 5.91 Å². The molecule has 0 aliphatic heterocycles. The molecule has 1 N–H and O–H groups in total. The fourth-order valence-electron chi connectivity index (χ4n) is 4.24. The second-order valence-electron chi connectivity index (χ2n) is 7.66. The van der Waals surface area contributed by atoms with Crippen molar-refractivity contribution in [2.75, 3.05) is 5.32 Å². The normalized spacial score (nSPS) is 18.6. The highest BCUT2D eigenvalue weighted by Gasteiger charge is 2.26. The van der Waals surface area contributed by atoms with E-state index >= 15 is 0 Å².